The van der Waals surface area contributed by atoms with E-state index in [1.165, 1.54) is 19.3 Å². The number of carbonyl (C=O) groups is 2. The van der Waals surface area contributed by atoms with Gasteiger partial charge in [-0.05, 0) is 43.7 Å². The van der Waals surface area contributed by atoms with Crippen molar-refractivity contribution < 1.29 is 9.59 Å². The van der Waals surface area contributed by atoms with Crippen molar-refractivity contribution in [3.63, 3.8) is 0 Å². The average molecular weight is 374 g/mol. The molecule has 1 heterocycles. The first-order chi connectivity index (χ1) is 13.0. The summed E-state index contributed by atoms with van der Waals surface area (Å²) in [5.74, 6) is 0.880. The molecule has 0 radical (unpaired) electrons. The Labute approximate surface area is 163 Å². The number of nitrogens with zero attached hydrogens (tertiary/aromatic N) is 3. The van der Waals surface area contributed by atoms with Crippen molar-refractivity contribution in [1.29, 1.82) is 0 Å². The van der Waals surface area contributed by atoms with Crippen LogP contribution >= 0.6 is 0 Å². The van der Waals surface area contributed by atoms with E-state index in [-0.39, 0.29) is 30.3 Å². The van der Waals surface area contributed by atoms with E-state index in [4.69, 9.17) is 0 Å². The predicted octanol–water partition coefficient (Wildman–Crippen LogP) is 3.58. The van der Waals surface area contributed by atoms with Gasteiger partial charge in [-0.1, -0.05) is 33.1 Å². The van der Waals surface area contributed by atoms with Crippen LogP contribution in [0.2, 0.25) is 0 Å². The summed E-state index contributed by atoms with van der Waals surface area (Å²) in [6.07, 6.45) is 9.70. The maximum absolute atomic E-state index is 13.2. The minimum atomic E-state index is 0.0875. The fourth-order valence-corrected chi connectivity index (χ4v) is 4.14. The van der Waals surface area contributed by atoms with Gasteiger partial charge >= 0.3 is 0 Å². The molecular formula is C22H35N3O2. The van der Waals surface area contributed by atoms with Crippen LogP contribution in [0.25, 0.3) is 0 Å². The van der Waals surface area contributed by atoms with Gasteiger partial charge in [-0.25, -0.2) is 0 Å². The van der Waals surface area contributed by atoms with Gasteiger partial charge in [0.25, 0.3) is 0 Å². The molecule has 3 rings (SSSR count). The van der Waals surface area contributed by atoms with Crippen molar-refractivity contribution in [2.24, 2.45) is 18.9 Å². The van der Waals surface area contributed by atoms with Crippen LogP contribution < -0.4 is 0 Å². The van der Waals surface area contributed by atoms with Crippen LogP contribution in [0, 0.1) is 11.8 Å². The highest BCUT2D eigenvalue weighted by Crippen LogP contribution is 2.33. The van der Waals surface area contributed by atoms with Crippen molar-refractivity contribution >= 4 is 11.8 Å². The Balaban J connectivity index is 1.71. The Bertz CT molecular complexity index is 642. The van der Waals surface area contributed by atoms with Crippen molar-refractivity contribution in [1.82, 2.24) is 14.4 Å². The summed E-state index contributed by atoms with van der Waals surface area (Å²) < 4.78 is 2.06. The van der Waals surface area contributed by atoms with Crippen molar-refractivity contribution in [2.45, 2.75) is 71.4 Å². The molecule has 0 bridgehead atoms. The van der Waals surface area contributed by atoms with E-state index < -0.39 is 0 Å². The lowest BCUT2D eigenvalue weighted by Gasteiger charge is -2.36. The van der Waals surface area contributed by atoms with Crippen LogP contribution in [0.1, 0.15) is 64.5 Å². The second-order valence-corrected chi connectivity index (χ2v) is 8.81. The van der Waals surface area contributed by atoms with E-state index in [0.29, 0.717) is 12.5 Å². The number of hydrogen-bond acceptors (Lipinski definition) is 2. The van der Waals surface area contributed by atoms with Gasteiger partial charge in [0.1, 0.15) is 6.54 Å². The second kappa shape index (κ2) is 8.94. The Morgan fingerprint density at radius 3 is 2.41 bits per heavy atom. The quantitative estimate of drug-likeness (QED) is 0.699. The molecule has 150 valence electrons. The highest BCUT2D eigenvalue weighted by molar-refractivity contribution is 5.87. The first kappa shape index (κ1) is 20.0. The lowest BCUT2D eigenvalue weighted by atomic mass is 9.93. The van der Waals surface area contributed by atoms with Gasteiger partial charge in [-0.2, -0.15) is 0 Å². The van der Waals surface area contributed by atoms with Gasteiger partial charge in [0.2, 0.25) is 11.8 Å². The molecule has 0 unspecified atom stereocenters. The molecule has 2 aliphatic rings. The SMILES string of the molecule is CC(C)CN(Cc1cccn1C)C(=O)CN(C(=O)C1CC1)C1CCCCC1. The maximum atomic E-state index is 13.2. The van der Waals surface area contributed by atoms with Gasteiger partial charge in [-0.3, -0.25) is 9.59 Å². The van der Waals surface area contributed by atoms with Crippen LogP contribution in [0.15, 0.2) is 18.3 Å². The van der Waals surface area contributed by atoms with Gasteiger partial charge in [0.15, 0.2) is 0 Å². The Morgan fingerprint density at radius 2 is 1.85 bits per heavy atom. The summed E-state index contributed by atoms with van der Waals surface area (Å²) in [5, 5.41) is 0. The topological polar surface area (TPSA) is 45.6 Å². The molecule has 2 saturated carbocycles. The number of amides is 2. The van der Waals surface area contributed by atoms with E-state index in [2.05, 4.69) is 24.5 Å². The predicted molar refractivity (Wildman–Crippen MR) is 107 cm³/mol. The average Bonchev–Trinajstić information content (AvgIpc) is 3.42. The minimum absolute atomic E-state index is 0.0875. The second-order valence-electron chi connectivity index (χ2n) is 8.81. The summed E-state index contributed by atoms with van der Waals surface area (Å²) in [5.41, 5.74) is 1.13. The van der Waals surface area contributed by atoms with Gasteiger partial charge in [0.05, 0.1) is 6.54 Å². The molecule has 0 saturated heterocycles. The summed E-state index contributed by atoms with van der Waals surface area (Å²) >= 11 is 0. The summed E-state index contributed by atoms with van der Waals surface area (Å²) in [6.45, 7) is 5.85. The van der Waals surface area contributed by atoms with Gasteiger partial charge < -0.3 is 14.4 Å². The third-order valence-corrected chi connectivity index (χ3v) is 5.87. The molecule has 5 nitrogen and oxygen atoms in total. The lowest BCUT2D eigenvalue weighted by Crippen LogP contribution is -2.49. The van der Waals surface area contributed by atoms with Crippen molar-refractivity contribution in [3.8, 4) is 0 Å². The smallest absolute Gasteiger partial charge is 0.242 e. The molecule has 2 fully saturated rings. The molecule has 0 aromatic carbocycles. The van der Waals surface area contributed by atoms with Crippen LogP contribution in [-0.2, 0) is 23.2 Å². The van der Waals surface area contributed by atoms with Crippen LogP contribution in [0.4, 0.5) is 0 Å². The zero-order valence-electron chi connectivity index (χ0n) is 17.2. The van der Waals surface area contributed by atoms with E-state index in [1.807, 2.05) is 29.1 Å². The zero-order valence-corrected chi connectivity index (χ0v) is 17.2. The van der Waals surface area contributed by atoms with E-state index in [0.717, 1.165) is 37.9 Å². The first-order valence-electron chi connectivity index (χ1n) is 10.6. The van der Waals surface area contributed by atoms with Crippen LogP contribution in [0.5, 0.6) is 0 Å². The molecule has 0 aliphatic heterocycles. The molecule has 2 aliphatic carbocycles. The largest absolute Gasteiger partial charge is 0.353 e. The van der Waals surface area contributed by atoms with Crippen LogP contribution in [-0.4, -0.2) is 45.3 Å². The molecule has 5 heteroatoms. The zero-order chi connectivity index (χ0) is 19.4. The molecule has 0 atom stereocenters. The van der Waals surface area contributed by atoms with Gasteiger partial charge in [-0.15, -0.1) is 0 Å². The number of hydrogen-bond donors (Lipinski definition) is 0. The number of carbonyl (C=O) groups excluding carboxylic acids is 2. The number of rotatable bonds is 8. The molecule has 2 amide bonds. The number of aryl methyl sites for hydroxylation is 1. The fraction of sp³-hybridized carbons (Fsp3) is 0.727. The maximum Gasteiger partial charge on any atom is 0.242 e. The molecule has 0 spiro atoms. The highest BCUT2D eigenvalue weighted by Gasteiger charge is 2.38. The standard InChI is InChI=1S/C22H35N3O2/c1-17(2)14-24(15-20-10-7-13-23(20)3)21(26)16-25(22(27)18-11-12-18)19-8-5-4-6-9-19/h7,10,13,17-19H,4-6,8-9,11-12,14-16H2,1-3H3. The Kier molecular flexibility index (Phi) is 6.61. The first-order valence-corrected chi connectivity index (χ1v) is 10.6. The van der Waals surface area contributed by atoms with E-state index in [1.54, 1.807) is 0 Å². The van der Waals surface area contributed by atoms with Crippen molar-refractivity contribution in [3.05, 3.63) is 24.0 Å². The van der Waals surface area contributed by atoms with E-state index >= 15 is 0 Å². The van der Waals surface area contributed by atoms with Crippen LogP contribution in [0.3, 0.4) is 0 Å². The van der Waals surface area contributed by atoms with Crippen molar-refractivity contribution in [2.75, 3.05) is 13.1 Å². The van der Waals surface area contributed by atoms with E-state index in [9.17, 15) is 9.59 Å². The summed E-state index contributed by atoms with van der Waals surface area (Å²) in [4.78, 5) is 30.0. The molecule has 1 aromatic heterocycles. The van der Waals surface area contributed by atoms with Gasteiger partial charge in [0, 0.05) is 37.4 Å². The fourth-order valence-electron chi connectivity index (χ4n) is 4.14. The molecular weight excluding hydrogens is 338 g/mol. The monoisotopic (exact) mass is 373 g/mol. The normalized spacial score (nSPS) is 17.9. The summed E-state index contributed by atoms with van der Waals surface area (Å²) in [7, 11) is 2.01. The number of aromatic nitrogens is 1. The lowest BCUT2D eigenvalue weighted by molar-refractivity contribution is -0.144. The minimum Gasteiger partial charge on any atom is -0.353 e. The third-order valence-electron chi connectivity index (χ3n) is 5.87. The molecule has 27 heavy (non-hydrogen) atoms. The molecule has 1 aromatic rings. The Morgan fingerprint density at radius 1 is 1.15 bits per heavy atom. The summed E-state index contributed by atoms with van der Waals surface area (Å²) in [6, 6.07) is 4.33. The third kappa shape index (κ3) is 5.36. The highest BCUT2D eigenvalue weighted by atomic mass is 16.2. The molecule has 0 N–H and O–H groups in total. The Hall–Kier alpha value is -1.78.